The van der Waals surface area contributed by atoms with Crippen molar-refractivity contribution in [2.24, 2.45) is 0 Å². The second kappa shape index (κ2) is 5.91. The van der Waals surface area contributed by atoms with Crippen LogP contribution in [0.3, 0.4) is 0 Å². The second-order valence-corrected chi connectivity index (χ2v) is 5.41. The third-order valence-electron chi connectivity index (χ3n) is 3.72. The molecule has 2 aromatic rings. The third kappa shape index (κ3) is 3.27. The SMILES string of the molecule is Cc1ccc(C)c(Cc2cccc(C(C)C(=O)O)c2)c1. The maximum absolute atomic E-state index is 11.1. The molecule has 0 heterocycles. The number of hydrogen-bond acceptors (Lipinski definition) is 1. The lowest BCUT2D eigenvalue weighted by atomic mass is 9.94. The highest BCUT2D eigenvalue weighted by Crippen LogP contribution is 2.20. The summed E-state index contributed by atoms with van der Waals surface area (Å²) in [5.41, 5.74) is 5.84. The van der Waals surface area contributed by atoms with Gasteiger partial charge in [-0.05, 0) is 49.4 Å². The van der Waals surface area contributed by atoms with Gasteiger partial charge in [0.15, 0.2) is 0 Å². The molecule has 0 radical (unpaired) electrons. The maximum Gasteiger partial charge on any atom is 0.310 e. The summed E-state index contributed by atoms with van der Waals surface area (Å²) in [6.07, 6.45) is 0.841. The molecule has 0 spiro atoms. The molecule has 0 aliphatic heterocycles. The largest absolute Gasteiger partial charge is 0.481 e. The van der Waals surface area contributed by atoms with E-state index in [1.807, 2.05) is 18.2 Å². The molecule has 2 rings (SSSR count). The van der Waals surface area contributed by atoms with Crippen molar-refractivity contribution in [3.8, 4) is 0 Å². The first-order chi connectivity index (χ1) is 9.47. The molecule has 2 aromatic carbocycles. The van der Waals surface area contributed by atoms with Gasteiger partial charge in [-0.1, -0.05) is 48.0 Å². The van der Waals surface area contributed by atoms with Crippen LogP contribution in [0.15, 0.2) is 42.5 Å². The van der Waals surface area contributed by atoms with Gasteiger partial charge in [0.25, 0.3) is 0 Å². The minimum Gasteiger partial charge on any atom is -0.481 e. The Balaban J connectivity index is 2.28. The minimum absolute atomic E-state index is 0.464. The molecule has 20 heavy (non-hydrogen) atoms. The van der Waals surface area contributed by atoms with Crippen LogP contribution in [-0.4, -0.2) is 11.1 Å². The molecule has 104 valence electrons. The van der Waals surface area contributed by atoms with E-state index in [1.165, 1.54) is 16.7 Å². The normalized spacial score (nSPS) is 12.2. The molecule has 0 aliphatic carbocycles. The average Bonchev–Trinajstić information content (AvgIpc) is 2.42. The van der Waals surface area contributed by atoms with Crippen molar-refractivity contribution in [2.45, 2.75) is 33.1 Å². The Labute approximate surface area is 120 Å². The van der Waals surface area contributed by atoms with E-state index in [1.54, 1.807) is 6.92 Å². The lowest BCUT2D eigenvalue weighted by Crippen LogP contribution is -2.07. The molecular formula is C18H20O2. The van der Waals surface area contributed by atoms with Crippen LogP contribution in [0.2, 0.25) is 0 Å². The summed E-state index contributed by atoms with van der Waals surface area (Å²) >= 11 is 0. The summed E-state index contributed by atoms with van der Waals surface area (Å²) in [5.74, 6) is -1.25. The van der Waals surface area contributed by atoms with Gasteiger partial charge in [0, 0.05) is 0 Å². The molecule has 0 fully saturated rings. The molecule has 1 N–H and O–H groups in total. The molecule has 0 saturated heterocycles. The zero-order valence-corrected chi connectivity index (χ0v) is 12.2. The highest BCUT2D eigenvalue weighted by atomic mass is 16.4. The van der Waals surface area contributed by atoms with Crippen LogP contribution in [0.5, 0.6) is 0 Å². The molecular weight excluding hydrogens is 248 g/mol. The van der Waals surface area contributed by atoms with E-state index < -0.39 is 11.9 Å². The summed E-state index contributed by atoms with van der Waals surface area (Å²) in [7, 11) is 0. The van der Waals surface area contributed by atoms with E-state index in [0.717, 1.165) is 17.5 Å². The average molecular weight is 268 g/mol. The van der Waals surface area contributed by atoms with Crippen molar-refractivity contribution in [1.29, 1.82) is 0 Å². The van der Waals surface area contributed by atoms with E-state index >= 15 is 0 Å². The number of aryl methyl sites for hydroxylation is 2. The van der Waals surface area contributed by atoms with Crippen LogP contribution >= 0.6 is 0 Å². The molecule has 2 heteroatoms. The van der Waals surface area contributed by atoms with Crippen LogP contribution in [-0.2, 0) is 11.2 Å². The van der Waals surface area contributed by atoms with Gasteiger partial charge >= 0.3 is 5.97 Å². The van der Waals surface area contributed by atoms with Gasteiger partial charge in [-0.25, -0.2) is 0 Å². The highest BCUT2D eigenvalue weighted by molar-refractivity contribution is 5.75. The van der Waals surface area contributed by atoms with Crippen molar-refractivity contribution in [1.82, 2.24) is 0 Å². The monoisotopic (exact) mass is 268 g/mol. The number of benzene rings is 2. The van der Waals surface area contributed by atoms with Crippen molar-refractivity contribution >= 4 is 5.97 Å². The van der Waals surface area contributed by atoms with Gasteiger partial charge < -0.3 is 5.11 Å². The lowest BCUT2D eigenvalue weighted by molar-refractivity contribution is -0.138. The third-order valence-corrected chi connectivity index (χ3v) is 3.72. The second-order valence-electron chi connectivity index (χ2n) is 5.41. The maximum atomic E-state index is 11.1. The van der Waals surface area contributed by atoms with E-state index in [-0.39, 0.29) is 0 Å². The Morgan fingerprint density at radius 3 is 2.60 bits per heavy atom. The van der Waals surface area contributed by atoms with E-state index in [2.05, 4.69) is 38.1 Å². The van der Waals surface area contributed by atoms with Gasteiger partial charge in [0.05, 0.1) is 5.92 Å². The van der Waals surface area contributed by atoms with E-state index in [4.69, 9.17) is 5.11 Å². The number of aliphatic carboxylic acids is 1. The summed E-state index contributed by atoms with van der Waals surface area (Å²) in [5, 5.41) is 9.10. The fourth-order valence-corrected chi connectivity index (χ4v) is 2.33. The smallest absolute Gasteiger partial charge is 0.310 e. The Kier molecular flexibility index (Phi) is 4.23. The van der Waals surface area contributed by atoms with Crippen LogP contribution in [0.25, 0.3) is 0 Å². The van der Waals surface area contributed by atoms with Gasteiger partial charge in [0.1, 0.15) is 0 Å². The van der Waals surface area contributed by atoms with Crippen molar-refractivity contribution < 1.29 is 9.90 Å². The zero-order valence-electron chi connectivity index (χ0n) is 12.2. The molecule has 2 nitrogen and oxygen atoms in total. The lowest BCUT2D eigenvalue weighted by Gasteiger charge is -2.11. The predicted octanol–water partition coefficient (Wildman–Crippen LogP) is 4.08. The summed E-state index contributed by atoms with van der Waals surface area (Å²) in [6.45, 7) is 5.92. The molecule has 0 aromatic heterocycles. The Bertz CT molecular complexity index is 629. The summed E-state index contributed by atoms with van der Waals surface area (Å²) in [4.78, 5) is 11.1. The summed E-state index contributed by atoms with van der Waals surface area (Å²) < 4.78 is 0. The number of carboxylic acid groups (broad SMARTS) is 1. The molecule has 0 amide bonds. The van der Waals surface area contributed by atoms with E-state index in [9.17, 15) is 4.79 Å². The van der Waals surface area contributed by atoms with Crippen LogP contribution in [0, 0.1) is 13.8 Å². The first-order valence-electron chi connectivity index (χ1n) is 6.85. The van der Waals surface area contributed by atoms with Crippen LogP contribution in [0.4, 0.5) is 0 Å². The number of carbonyl (C=O) groups is 1. The topological polar surface area (TPSA) is 37.3 Å². The van der Waals surface area contributed by atoms with Gasteiger partial charge in [-0.2, -0.15) is 0 Å². The first kappa shape index (κ1) is 14.3. The van der Waals surface area contributed by atoms with Crippen LogP contribution in [0.1, 0.15) is 40.7 Å². The quantitative estimate of drug-likeness (QED) is 0.907. The van der Waals surface area contributed by atoms with Crippen molar-refractivity contribution in [3.05, 3.63) is 70.3 Å². The highest BCUT2D eigenvalue weighted by Gasteiger charge is 2.13. The Morgan fingerprint density at radius 1 is 1.15 bits per heavy atom. The molecule has 1 unspecified atom stereocenters. The minimum atomic E-state index is -0.783. The fraction of sp³-hybridized carbons (Fsp3) is 0.278. The van der Waals surface area contributed by atoms with Crippen molar-refractivity contribution in [3.63, 3.8) is 0 Å². The van der Waals surface area contributed by atoms with E-state index in [0.29, 0.717) is 0 Å². The first-order valence-corrected chi connectivity index (χ1v) is 6.85. The predicted molar refractivity (Wildman–Crippen MR) is 81.2 cm³/mol. The molecule has 1 atom stereocenters. The van der Waals surface area contributed by atoms with Crippen LogP contribution < -0.4 is 0 Å². The Morgan fingerprint density at radius 2 is 1.90 bits per heavy atom. The number of carboxylic acids is 1. The van der Waals surface area contributed by atoms with Crippen molar-refractivity contribution in [2.75, 3.05) is 0 Å². The van der Waals surface area contributed by atoms with Gasteiger partial charge in [-0.3, -0.25) is 4.79 Å². The number of rotatable bonds is 4. The summed E-state index contributed by atoms with van der Waals surface area (Å²) in [6, 6.07) is 14.3. The zero-order chi connectivity index (χ0) is 14.7. The molecule has 0 aliphatic rings. The molecule has 0 bridgehead atoms. The van der Waals surface area contributed by atoms with Gasteiger partial charge in [-0.15, -0.1) is 0 Å². The fourth-order valence-electron chi connectivity index (χ4n) is 2.33. The van der Waals surface area contributed by atoms with Gasteiger partial charge in [0.2, 0.25) is 0 Å². The number of hydrogen-bond donors (Lipinski definition) is 1. The standard InChI is InChI=1S/C18H20O2/c1-12-7-8-13(2)17(9-12)11-15-5-4-6-16(10-15)14(3)18(19)20/h4-10,14H,11H2,1-3H3,(H,19,20). The Hall–Kier alpha value is -2.09. The molecule has 0 saturated carbocycles.